The van der Waals surface area contributed by atoms with Gasteiger partial charge in [0.2, 0.25) is 0 Å². The number of carbonyl (C=O) groups excluding carboxylic acids is 1. The lowest BCUT2D eigenvalue weighted by molar-refractivity contribution is -0.117. The van der Waals surface area contributed by atoms with E-state index in [2.05, 4.69) is 15.5 Å². The number of thiophene rings is 1. The second-order valence-electron chi connectivity index (χ2n) is 6.12. The standard InChI is InChI=1S/C18H15N5O4S/c1-2-10-7-13-16(28-10)19-9-23(18(13)27)20-14(24)8-22-17(26)12-6-4-3-5-11(12)15(25)21-22/h3-7,9H,2,8H2,1H3,(H,20,24)(H,21,25). The van der Waals surface area contributed by atoms with Crippen molar-refractivity contribution in [3.05, 3.63) is 72.6 Å². The van der Waals surface area contributed by atoms with E-state index in [4.69, 9.17) is 0 Å². The van der Waals surface area contributed by atoms with Crippen molar-refractivity contribution >= 4 is 38.2 Å². The molecule has 0 atom stereocenters. The summed E-state index contributed by atoms with van der Waals surface area (Å²) in [7, 11) is 0. The van der Waals surface area contributed by atoms with E-state index < -0.39 is 29.1 Å². The number of nitrogens with one attached hydrogen (secondary N) is 2. The average molecular weight is 397 g/mol. The van der Waals surface area contributed by atoms with Crippen LogP contribution in [0.5, 0.6) is 0 Å². The molecule has 0 aliphatic heterocycles. The highest BCUT2D eigenvalue weighted by Gasteiger charge is 2.13. The predicted molar refractivity (Wildman–Crippen MR) is 106 cm³/mol. The molecule has 10 heteroatoms. The minimum atomic E-state index is -0.651. The zero-order valence-electron chi connectivity index (χ0n) is 14.8. The van der Waals surface area contributed by atoms with Gasteiger partial charge in [-0.25, -0.2) is 14.3 Å². The van der Waals surface area contributed by atoms with E-state index in [0.29, 0.717) is 10.2 Å². The van der Waals surface area contributed by atoms with Gasteiger partial charge in [0.15, 0.2) is 0 Å². The van der Waals surface area contributed by atoms with E-state index in [9.17, 15) is 19.2 Å². The van der Waals surface area contributed by atoms with Crippen molar-refractivity contribution in [1.82, 2.24) is 19.4 Å². The van der Waals surface area contributed by atoms with Crippen molar-refractivity contribution in [2.75, 3.05) is 5.43 Å². The maximum absolute atomic E-state index is 12.5. The molecule has 28 heavy (non-hydrogen) atoms. The Morgan fingerprint density at radius 2 is 1.89 bits per heavy atom. The Kier molecular flexibility index (Phi) is 4.40. The van der Waals surface area contributed by atoms with Gasteiger partial charge in [-0.05, 0) is 24.6 Å². The first-order valence-electron chi connectivity index (χ1n) is 8.49. The molecular formula is C18H15N5O4S. The van der Waals surface area contributed by atoms with Gasteiger partial charge in [0.1, 0.15) is 17.7 Å². The minimum absolute atomic E-state index is 0.213. The van der Waals surface area contributed by atoms with Crippen LogP contribution in [0, 0.1) is 0 Å². The van der Waals surface area contributed by atoms with Crippen LogP contribution in [0.2, 0.25) is 0 Å². The molecule has 1 amide bonds. The highest BCUT2D eigenvalue weighted by molar-refractivity contribution is 7.18. The summed E-state index contributed by atoms with van der Waals surface area (Å²) in [6, 6.07) is 8.10. The number of fused-ring (bicyclic) bond motifs is 2. The van der Waals surface area contributed by atoms with Crippen LogP contribution < -0.4 is 22.1 Å². The Hall–Kier alpha value is -3.53. The predicted octanol–water partition coefficient (Wildman–Crippen LogP) is 0.794. The number of amides is 1. The lowest BCUT2D eigenvalue weighted by Gasteiger charge is -2.09. The van der Waals surface area contributed by atoms with Crippen LogP contribution in [-0.2, 0) is 17.8 Å². The van der Waals surface area contributed by atoms with Gasteiger partial charge in [-0.1, -0.05) is 19.1 Å². The molecule has 4 rings (SSSR count). The second kappa shape index (κ2) is 6.89. The molecule has 3 heterocycles. The quantitative estimate of drug-likeness (QED) is 0.528. The van der Waals surface area contributed by atoms with Gasteiger partial charge < -0.3 is 0 Å². The monoisotopic (exact) mass is 397 g/mol. The zero-order valence-corrected chi connectivity index (χ0v) is 15.6. The highest BCUT2D eigenvalue weighted by Crippen LogP contribution is 2.20. The van der Waals surface area contributed by atoms with E-state index in [1.54, 1.807) is 18.2 Å². The fourth-order valence-electron chi connectivity index (χ4n) is 2.90. The third kappa shape index (κ3) is 3.03. The number of H-pyrrole nitrogens is 1. The van der Waals surface area contributed by atoms with Crippen LogP contribution in [0.25, 0.3) is 21.0 Å². The Bertz CT molecular complexity index is 1400. The molecule has 0 saturated carbocycles. The summed E-state index contributed by atoms with van der Waals surface area (Å²) in [6.45, 7) is 1.53. The fourth-order valence-corrected chi connectivity index (χ4v) is 3.82. The maximum atomic E-state index is 12.5. The van der Waals surface area contributed by atoms with Crippen LogP contribution in [0.15, 0.2) is 51.0 Å². The third-order valence-electron chi connectivity index (χ3n) is 4.28. The van der Waals surface area contributed by atoms with Crippen molar-refractivity contribution in [2.24, 2.45) is 0 Å². The number of nitrogens with zero attached hydrogens (tertiary/aromatic N) is 3. The molecule has 4 aromatic rings. The molecular weight excluding hydrogens is 382 g/mol. The van der Waals surface area contributed by atoms with Gasteiger partial charge in [-0.2, -0.15) is 0 Å². The normalized spacial score (nSPS) is 11.2. The van der Waals surface area contributed by atoms with Gasteiger partial charge >= 0.3 is 0 Å². The Labute approximate surface area is 160 Å². The Balaban J connectivity index is 1.64. The van der Waals surface area contributed by atoms with Crippen LogP contribution in [0.1, 0.15) is 11.8 Å². The fraction of sp³-hybridized carbons (Fsp3) is 0.167. The number of carbonyl (C=O) groups is 1. The number of hydrogen-bond donors (Lipinski definition) is 2. The molecule has 0 spiro atoms. The van der Waals surface area contributed by atoms with Gasteiger partial charge in [-0.3, -0.25) is 29.7 Å². The van der Waals surface area contributed by atoms with Gasteiger partial charge in [-0.15, -0.1) is 11.3 Å². The lowest BCUT2D eigenvalue weighted by atomic mass is 10.2. The van der Waals surface area contributed by atoms with Gasteiger partial charge in [0, 0.05) is 4.88 Å². The van der Waals surface area contributed by atoms with Gasteiger partial charge in [0.05, 0.1) is 16.2 Å². The summed E-state index contributed by atoms with van der Waals surface area (Å²) in [6.07, 6.45) is 2.01. The van der Waals surface area contributed by atoms with Crippen LogP contribution >= 0.6 is 11.3 Å². The zero-order chi connectivity index (χ0) is 19.8. The molecule has 0 fully saturated rings. The van der Waals surface area contributed by atoms with E-state index in [1.807, 2.05) is 6.92 Å². The van der Waals surface area contributed by atoms with Crippen LogP contribution in [0.4, 0.5) is 0 Å². The summed E-state index contributed by atoms with van der Waals surface area (Å²) < 4.78 is 1.89. The van der Waals surface area contributed by atoms with Crippen molar-refractivity contribution < 1.29 is 4.79 Å². The molecule has 0 unspecified atom stereocenters. The van der Waals surface area contributed by atoms with Crippen LogP contribution in [-0.4, -0.2) is 25.3 Å². The lowest BCUT2D eigenvalue weighted by Crippen LogP contribution is -2.39. The summed E-state index contributed by atoms with van der Waals surface area (Å²) in [5.41, 5.74) is 1.01. The molecule has 0 saturated heterocycles. The topological polar surface area (TPSA) is 119 Å². The summed E-state index contributed by atoms with van der Waals surface area (Å²) in [4.78, 5) is 55.3. The average Bonchev–Trinajstić information content (AvgIpc) is 3.12. The van der Waals surface area contributed by atoms with Crippen LogP contribution in [0.3, 0.4) is 0 Å². The summed E-state index contributed by atoms with van der Waals surface area (Å²) in [5.74, 6) is -0.651. The SMILES string of the molecule is CCc1cc2c(=O)n(NC(=O)Cn3[nH]c(=O)c4ccccc4c3=O)cnc2s1. The molecule has 142 valence electrons. The molecule has 0 bridgehead atoms. The van der Waals surface area contributed by atoms with Crippen molar-refractivity contribution in [2.45, 2.75) is 19.9 Å². The number of benzene rings is 1. The first kappa shape index (κ1) is 17.9. The number of rotatable bonds is 4. The number of aryl methyl sites for hydroxylation is 1. The van der Waals surface area contributed by atoms with Crippen molar-refractivity contribution in [3.8, 4) is 0 Å². The Morgan fingerprint density at radius 3 is 2.64 bits per heavy atom. The highest BCUT2D eigenvalue weighted by atomic mass is 32.1. The van der Waals surface area contributed by atoms with E-state index in [-0.39, 0.29) is 10.8 Å². The molecule has 1 aromatic carbocycles. The summed E-state index contributed by atoms with van der Waals surface area (Å²) >= 11 is 1.42. The van der Waals surface area contributed by atoms with E-state index >= 15 is 0 Å². The molecule has 0 aliphatic rings. The van der Waals surface area contributed by atoms with E-state index in [1.165, 1.54) is 29.8 Å². The largest absolute Gasteiger partial charge is 0.280 e. The first-order chi connectivity index (χ1) is 13.5. The first-order valence-corrected chi connectivity index (χ1v) is 9.31. The van der Waals surface area contributed by atoms with Gasteiger partial charge in [0.25, 0.3) is 22.6 Å². The summed E-state index contributed by atoms with van der Waals surface area (Å²) in [5, 5.41) is 3.26. The second-order valence-corrected chi connectivity index (χ2v) is 7.23. The van der Waals surface area contributed by atoms with Crippen molar-refractivity contribution in [3.63, 3.8) is 0 Å². The molecule has 2 N–H and O–H groups in total. The van der Waals surface area contributed by atoms with E-state index in [0.717, 1.165) is 20.7 Å². The Morgan fingerprint density at radius 1 is 1.14 bits per heavy atom. The number of aromatic amines is 1. The molecule has 0 radical (unpaired) electrons. The number of hydrogen-bond acceptors (Lipinski definition) is 6. The van der Waals surface area contributed by atoms with Crippen molar-refractivity contribution in [1.29, 1.82) is 0 Å². The molecule has 9 nitrogen and oxygen atoms in total. The molecule has 0 aliphatic carbocycles. The third-order valence-corrected chi connectivity index (χ3v) is 5.47. The number of aromatic nitrogens is 4. The smallest absolute Gasteiger partial charge is 0.271 e. The molecule has 3 aromatic heterocycles. The minimum Gasteiger partial charge on any atom is -0.271 e. The maximum Gasteiger partial charge on any atom is 0.280 e.